The van der Waals surface area contributed by atoms with Crippen molar-refractivity contribution in [2.24, 2.45) is 4.99 Å². The highest BCUT2D eigenvalue weighted by molar-refractivity contribution is 6.08. The van der Waals surface area contributed by atoms with E-state index < -0.39 is 12.2 Å². The number of hydrogen-bond acceptors (Lipinski definition) is 4. The zero-order valence-electron chi connectivity index (χ0n) is 15.7. The maximum atomic E-state index is 13.2. The van der Waals surface area contributed by atoms with Gasteiger partial charge in [-0.2, -0.15) is 0 Å². The standard InChI is InChI=1S/C21H22N4O2/c1-14-9-11-16(12-10-14)18-22-19-17(23(18)2)20(26)25(21(27)24(19)3)13-15-7-5-4-6-8-15/h4-12,17,19H,13H2,1-3H3. The molecule has 6 nitrogen and oxygen atoms in total. The molecule has 2 atom stereocenters. The minimum Gasteiger partial charge on any atom is -0.344 e. The lowest BCUT2D eigenvalue weighted by Crippen LogP contribution is -2.64. The number of amides is 3. The minimum absolute atomic E-state index is 0.208. The Hall–Kier alpha value is -3.15. The molecule has 27 heavy (non-hydrogen) atoms. The van der Waals surface area contributed by atoms with E-state index in [2.05, 4.69) is 0 Å². The van der Waals surface area contributed by atoms with Crippen molar-refractivity contribution in [3.8, 4) is 0 Å². The molecule has 1 saturated heterocycles. The molecule has 0 bridgehead atoms. The van der Waals surface area contributed by atoms with Crippen LogP contribution < -0.4 is 0 Å². The quantitative estimate of drug-likeness (QED) is 0.843. The largest absolute Gasteiger partial charge is 0.344 e. The average Bonchev–Trinajstić information content (AvgIpc) is 3.02. The first-order valence-corrected chi connectivity index (χ1v) is 8.97. The molecule has 2 aliphatic rings. The summed E-state index contributed by atoms with van der Waals surface area (Å²) in [7, 11) is 3.57. The average molecular weight is 362 g/mol. The molecular formula is C21H22N4O2. The maximum absolute atomic E-state index is 13.2. The summed E-state index contributed by atoms with van der Waals surface area (Å²) in [5.41, 5.74) is 3.03. The number of imide groups is 1. The van der Waals surface area contributed by atoms with Gasteiger partial charge in [0.05, 0.1) is 6.54 Å². The molecule has 0 saturated carbocycles. The predicted molar refractivity (Wildman–Crippen MR) is 103 cm³/mol. The number of aryl methyl sites for hydroxylation is 1. The Morgan fingerprint density at radius 1 is 0.926 bits per heavy atom. The van der Waals surface area contributed by atoms with Gasteiger partial charge < -0.3 is 9.80 Å². The van der Waals surface area contributed by atoms with Crippen LogP contribution in [-0.2, 0) is 11.3 Å². The van der Waals surface area contributed by atoms with Gasteiger partial charge in [0.1, 0.15) is 5.84 Å². The summed E-state index contributed by atoms with van der Waals surface area (Å²) in [6.07, 6.45) is -0.502. The third-order valence-electron chi connectivity index (χ3n) is 5.23. The highest BCUT2D eigenvalue weighted by Crippen LogP contribution is 2.29. The number of aliphatic imine (C=N–C) groups is 1. The van der Waals surface area contributed by atoms with E-state index in [0.717, 1.165) is 22.5 Å². The third-order valence-corrected chi connectivity index (χ3v) is 5.23. The van der Waals surface area contributed by atoms with Crippen molar-refractivity contribution < 1.29 is 9.59 Å². The van der Waals surface area contributed by atoms with Gasteiger partial charge in [-0.3, -0.25) is 9.69 Å². The molecule has 3 amide bonds. The number of benzene rings is 2. The van der Waals surface area contributed by atoms with Crippen molar-refractivity contribution in [1.82, 2.24) is 14.7 Å². The summed E-state index contributed by atoms with van der Waals surface area (Å²) in [5, 5.41) is 0. The molecule has 4 rings (SSSR count). The van der Waals surface area contributed by atoms with Crippen molar-refractivity contribution in [3.05, 3.63) is 71.3 Å². The maximum Gasteiger partial charge on any atom is 0.328 e. The van der Waals surface area contributed by atoms with E-state index in [4.69, 9.17) is 4.99 Å². The van der Waals surface area contributed by atoms with Crippen LogP contribution in [0.15, 0.2) is 59.6 Å². The summed E-state index contributed by atoms with van der Waals surface area (Å²) in [4.78, 5) is 35.5. The fourth-order valence-electron chi connectivity index (χ4n) is 3.66. The van der Waals surface area contributed by atoms with Crippen molar-refractivity contribution >= 4 is 17.8 Å². The summed E-state index contributed by atoms with van der Waals surface area (Å²) in [6, 6.07) is 16.8. The lowest BCUT2D eigenvalue weighted by molar-refractivity contribution is -0.137. The molecule has 2 aromatic rings. The molecular weight excluding hydrogens is 340 g/mol. The highest BCUT2D eigenvalue weighted by atomic mass is 16.2. The molecule has 0 N–H and O–H groups in total. The van der Waals surface area contributed by atoms with Gasteiger partial charge in [0, 0.05) is 19.7 Å². The minimum atomic E-state index is -0.507. The van der Waals surface area contributed by atoms with Gasteiger partial charge in [0.2, 0.25) is 0 Å². The summed E-state index contributed by atoms with van der Waals surface area (Å²) >= 11 is 0. The summed E-state index contributed by atoms with van der Waals surface area (Å²) < 4.78 is 0. The third kappa shape index (κ3) is 2.87. The first kappa shape index (κ1) is 17.3. The Morgan fingerprint density at radius 3 is 2.26 bits per heavy atom. The molecule has 0 radical (unpaired) electrons. The van der Waals surface area contributed by atoms with E-state index in [1.54, 1.807) is 11.9 Å². The number of urea groups is 1. The summed E-state index contributed by atoms with van der Waals surface area (Å²) in [6.45, 7) is 2.29. The first-order chi connectivity index (χ1) is 13.0. The number of carbonyl (C=O) groups is 2. The number of carbonyl (C=O) groups excluding carboxylic acids is 2. The zero-order chi connectivity index (χ0) is 19.1. The first-order valence-electron chi connectivity index (χ1n) is 8.97. The Bertz CT molecular complexity index is 908. The van der Waals surface area contributed by atoms with E-state index >= 15 is 0 Å². The Morgan fingerprint density at radius 2 is 1.59 bits per heavy atom. The van der Waals surface area contributed by atoms with E-state index in [1.807, 2.05) is 73.5 Å². The molecule has 2 heterocycles. The van der Waals surface area contributed by atoms with Crippen molar-refractivity contribution in [3.63, 3.8) is 0 Å². The Kier molecular flexibility index (Phi) is 4.18. The molecule has 0 aliphatic carbocycles. The normalized spacial score (nSPS) is 22.2. The number of nitrogens with zero attached hydrogens (tertiary/aromatic N) is 4. The van der Waals surface area contributed by atoms with Gasteiger partial charge in [-0.1, -0.05) is 60.2 Å². The van der Waals surface area contributed by atoms with Gasteiger partial charge in [-0.15, -0.1) is 0 Å². The molecule has 0 aromatic heterocycles. The topological polar surface area (TPSA) is 56.2 Å². The van der Waals surface area contributed by atoms with Gasteiger partial charge in [-0.05, 0) is 12.5 Å². The van der Waals surface area contributed by atoms with Gasteiger partial charge in [0.15, 0.2) is 12.2 Å². The second kappa shape index (κ2) is 6.54. The number of amidine groups is 1. The summed E-state index contributed by atoms with van der Waals surface area (Å²) in [5.74, 6) is 0.528. The molecule has 1 fully saturated rings. The SMILES string of the molecule is Cc1ccc(C2=NC3C(C(=O)N(Cc4ccccc4)C(=O)N3C)N2C)cc1. The van der Waals surface area contributed by atoms with Crippen LogP contribution in [-0.4, -0.2) is 58.8 Å². The number of likely N-dealkylation sites (N-methyl/N-ethyl adjacent to an activating group) is 2. The van der Waals surface area contributed by atoms with Crippen LogP contribution in [0.2, 0.25) is 0 Å². The second-order valence-corrected chi connectivity index (χ2v) is 7.09. The number of hydrogen-bond donors (Lipinski definition) is 0. The molecule has 138 valence electrons. The molecule has 2 aromatic carbocycles. The van der Waals surface area contributed by atoms with Gasteiger partial charge in [-0.25, -0.2) is 9.79 Å². The highest BCUT2D eigenvalue weighted by Gasteiger charge is 2.50. The molecule has 6 heteroatoms. The van der Waals surface area contributed by atoms with Gasteiger partial charge >= 0.3 is 6.03 Å². The van der Waals surface area contributed by atoms with Crippen LogP contribution in [0.1, 0.15) is 16.7 Å². The van der Waals surface area contributed by atoms with Gasteiger partial charge in [0.25, 0.3) is 5.91 Å². The number of rotatable bonds is 3. The van der Waals surface area contributed by atoms with Crippen molar-refractivity contribution in [1.29, 1.82) is 0 Å². The fraction of sp³-hybridized carbons (Fsp3) is 0.286. The lowest BCUT2D eigenvalue weighted by Gasteiger charge is -2.40. The van der Waals surface area contributed by atoms with Crippen molar-refractivity contribution in [2.75, 3.05) is 14.1 Å². The number of fused-ring (bicyclic) bond motifs is 1. The Balaban J connectivity index is 1.64. The van der Waals surface area contributed by atoms with Crippen LogP contribution in [0.25, 0.3) is 0 Å². The van der Waals surface area contributed by atoms with Crippen molar-refractivity contribution in [2.45, 2.75) is 25.7 Å². The monoisotopic (exact) mass is 362 g/mol. The van der Waals surface area contributed by atoms with Crippen LogP contribution in [0, 0.1) is 6.92 Å². The second-order valence-electron chi connectivity index (χ2n) is 7.09. The molecule has 2 aliphatic heterocycles. The lowest BCUT2D eigenvalue weighted by atomic mass is 10.1. The van der Waals surface area contributed by atoms with E-state index in [0.29, 0.717) is 0 Å². The van der Waals surface area contributed by atoms with Crippen LogP contribution in [0.5, 0.6) is 0 Å². The van der Waals surface area contributed by atoms with E-state index in [1.165, 1.54) is 4.90 Å². The predicted octanol–water partition coefficient (Wildman–Crippen LogP) is 2.48. The molecule has 2 unspecified atom stereocenters. The van der Waals surface area contributed by atoms with Crippen LogP contribution in [0.4, 0.5) is 4.79 Å². The zero-order valence-corrected chi connectivity index (χ0v) is 15.7. The molecule has 0 spiro atoms. The van der Waals surface area contributed by atoms with E-state index in [9.17, 15) is 9.59 Å². The van der Waals surface area contributed by atoms with Crippen LogP contribution in [0.3, 0.4) is 0 Å². The smallest absolute Gasteiger partial charge is 0.328 e. The van der Waals surface area contributed by atoms with Crippen LogP contribution >= 0.6 is 0 Å². The fourth-order valence-corrected chi connectivity index (χ4v) is 3.66. The Labute approximate surface area is 158 Å². The van der Waals surface area contributed by atoms with E-state index in [-0.39, 0.29) is 18.5 Å².